The quantitative estimate of drug-likeness (QED) is 0.759. The number of hydrogen-bond acceptors (Lipinski definition) is 4. The summed E-state index contributed by atoms with van der Waals surface area (Å²) < 4.78 is 5.19. The van der Waals surface area contributed by atoms with Gasteiger partial charge in [-0.15, -0.1) is 0 Å². The number of hydrogen-bond donors (Lipinski definition) is 1. The van der Waals surface area contributed by atoms with Gasteiger partial charge in [0.15, 0.2) is 0 Å². The topological polar surface area (TPSA) is 48.3 Å². The Balaban J connectivity index is 2.98. The lowest BCUT2D eigenvalue weighted by molar-refractivity contribution is 0.204. The molecule has 1 N–H and O–H groups in total. The van der Waals surface area contributed by atoms with Crippen molar-refractivity contribution in [3.63, 3.8) is 0 Å². The molecule has 0 saturated heterocycles. The molecule has 0 aromatic heterocycles. The molecule has 4 nitrogen and oxygen atoms in total. The first-order valence-electron chi connectivity index (χ1n) is 7.60. The summed E-state index contributed by atoms with van der Waals surface area (Å²) in [4.78, 5) is 2.24. The van der Waals surface area contributed by atoms with Gasteiger partial charge in [0.25, 0.3) is 0 Å². The molecule has 0 aliphatic carbocycles. The van der Waals surface area contributed by atoms with Crippen molar-refractivity contribution in [3.8, 4) is 6.07 Å². The van der Waals surface area contributed by atoms with Gasteiger partial charge in [-0.25, -0.2) is 0 Å². The molecule has 0 radical (unpaired) electrons. The van der Waals surface area contributed by atoms with Gasteiger partial charge in [0.05, 0.1) is 17.9 Å². The molecule has 0 atom stereocenters. The summed E-state index contributed by atoms with van der Waals surface area (Å²) in [5, 5.41) is 12.7. The zero-order chi connectivity index (χ0) is 15.7. The number of nitrogens with zero attached hydrogens (tertiary/aromatic N) is 2. The minimum absolute atomic E-state index is 0.537. The third kappa shape index (κ3) is 5.74. The summed E-state index contributed by atoms with van der Waals surface area (Å²) in [6, 6.07) is 8.47. The largest absolute Gasteiger partial charge is 0.383 e. The van der Waals surface area contributed by atoms with E-state index in [1.807, 2.05) is 6.07 Å². The standard InChI is InChI=1S/C17H27N3O/c1-5-19-12-15-6-7-17(16(10-15)11-18)20(8-9-21-4)13-14(2)3/h6-7,10,14,19H,5,8-9,12-13H2,1-4H3. The summed E-state index contributed by atoms with van der Waals surface area (Å²) in [5.41, 5.74) is 2.89. The highest BCUT2D eigenvalue weighted by atomic mass is 16.5. The van der Waals surface area contributed by atoms with E-state index in [1.165, 1.54) is 0 Å². The van der Waals surface area contributed by atoms with Crippen LogP contribution >= 0.6 is 0 Å². The van der Waals surface area contributed by atoms with Crippen LogP contribution in [-0.2, 0) is 11.3 Å². The monoisotopic (exact) mass is 289 g/mol. The van der Waals surface area contributed by atoms with Gasteiger partial charge < -0.3 is 15.0 Å². The molecule has 21 heavy (non-hydrogen) atoms. The van der Waals surface area contributed by atoms with Gasteiger partial charge in [-0.05, 0) is 30.2 Å². The van der Waals surface area contributed by atoms with Crippen molar-refractivity contribution >= 4 is 5.69 Å². The van der Waals surface area contributed by atoms with Crippen LogP contribution in [0.15, 0.2) is 18.2 Å². The first kappa shape index (κ1) is 17.5. The molecule has 1 rings (SSSR count). The predicted octanol–water partition coefficient (Wildman–Crippen LogP) is 2.78. The van der Waals surface area contributed by atoms with Gasteiger partial charge in [0.1, 0.15) is 6.07 Å². The number of methoxy groups -OCH3 is 1. The summed E-state index contributed by atoms with van der Waals surface area (Å²) in [7, 11) is 1.71. The number of rotatable bonds is 9. The Morgan fingerprint density at radius 3 is 2.71 bits per heavy atom. The fourth-order valence-electron chi connectivity index (χ4n) is 2.28. The van der Waals surface area contributed by atoms with Gasteiger partial charge in [-0.2, -0.15) is 5.26 Å². The average Bonchev–Trinajstić information content (AvgIpc) is 2.48. The van der Waals surface area contributed by atoms with Crippen LogP contribution in [0.4, 0.5) is 5.69 Å². The molecule has 0 aliphatic heterocycles. The van der Waals surface area contributed by atoms with E-state index in [4.69, 9.17) is 4.74 Å². The molecular formula is C17H27N3O. The number of anilines is 1. The SMILES string of the molecule is CCNCc1ccc(N(CCOC)CC(C)C)c(C#N)c1. The highest BCUT2D eigenvalue weighted by Crippen LogP contribution is 2.22. The van der Waals surface area contributed by atoms with Crippen molar-refractivity contribution < 1.29 is 4.74 Å². The number of nitriles is 1. The van der Waals surface area contributed by atoms with Crippen molar-refractivity contribution in [2.24, 2.45) is 5.92 Å². The molecule has 0 aliphatic rings. The fourth-order valence-corrected chi connectivity index (χ4v) is 2.28. The highest BCUT2D eigenvalue weighted by molar-refractivity contribution is 5.60. The minimum Gasteiger partial charge on any atom is -0.383 e. The van der Waals surface area contributed by atoms with Crippen molar-refractivity contribution in [3.05, 3.63) is 29.3 Å². The molecule has 0 amide bonds. The first-order chi connectivity index (χ1) is 10.1. The van der Waals surface area contributed by atoms with Crippen molar-refractivity contribution in [1.29, 1.82) is 5.26 Å². The van der Waals surface area contributed by atoms with Crippen LogP contribution < -0.4 is 10.2 Å². The summed E-state index contributed by atoms with van der Waals surface area (Å²) in [5.74, 6) is 0.537. The van der Waals surface area contributed by atoms with Crippen molar-refractivity contribution in [1.82, 2.24) is 5.32 Å². The molecule has 0 heterocycles. The van der Waals surface area contributed by atoms with Crippen LogP contribution in [0.2, 0.25) is 0 Å². The Hall–Kier alpha value is -1.57. The van der Waals surface area contributed by atoms with E-state index in [2.05, 4.69) is 49.2 Å². The second kappa shape index (κ2) is 9.38. The third-order valence-electron chi connectivity index (χ3n) is 3.25. The zero-order valence-electron chi connectivity index (χ0n) is 13.6. The second-order valence-electron chi connectivity index (χ2n) is 5.58. The predicted molar refractivity (Wildman–Crippen MR) is 87.5 cm³/mol. The molecule has 116 valence electrons. The Bertz CT molecular complexity index is 466. The zero-order valence-corrected chi connectivity index (χ0v) is 13.6. The van der Waals surface area contributed by atoms with E-state index >= 15 is 0 Å². The lowest BCUT2D eigenvalue weighted by Gasteiger charge is -2.27. The number of nitrogens with one attached hydrogen (secondary N) is 1. The van der Waals surface area contributed by atoms with Crippen LogP contribution in [0.25, 0.3) is 0 Å². The van der Waals surface area contributed by atoms with E-state index in [0.717, 1.165) is 43.0 Å². The van der Waals surface area contributed by atoms with Crippen LogP contribution in [0.3, 0.4) is 0 Å². The lowest BCUT2D eigenvalue weighted by Crippen LogP contribution is -2.31. The third-order valence-corrected chi connectivity index (χ3v) is 3.25. The Morgan fingerprint density at radius 2 is 2.14 bits per heavy atom. The first-order valence-corrected chi connectivity index (χ1v) is 7.60. The molecule has 1 aromatic rings. The molecule has 4 heteroatoms. The van der Waals surface area contributed by atoms with Crippen LogP contribution in [0.5, 0.6) is 0 Å². The molecule has 0 bridgehead atoms. The molecule has 0 unspecified atom stereocenters. The number of ether oxygens (including phenoxy) is 1. The number of benzene rings is 1. The van der Waals surface area contributed by atoms with E-state index in [-0.39, 0.29) is 0 Å². The smallest absolute Gasteiger partial charge is 0.101 e. The molecule has 1 aromatic carbocycles. The van der Waals surface area contributed by atoms with Crippen molar-refractivity contribution in [2.45, 2.75) is 27.3 Å². The Kier molecular flexibility index (Phi) is 7.81. The lowest BCUT2D eigenvalue weighted by atomic mass is 10.1. The van der Waals surface area contributed by atoms with Crippen LogP contribution in [-0.4, -0.2) is 33.4 Å². The summed E-state index contributed by atoms with van der Waals surface area (Å²) >= 11 is 0. The van der Waals surface area contributed by atoms with E-state index < -0.39 is 0 Å². The Labute approximate surface area is 128 Å². The Morgan fingerprint density at radius 1 is 1.38 bits per heavy atom. The molecule has 0 saturated carbocycles. The van der Waals surface area contributed by atoms with E-state index in [1.54, 1.807) is 7.11 Å². The highest BCUT2D eigenvalue weighted by Gasteiger charge is 2.13. The van der Waals surface area contributed by atoms with Gasteiger partial charge in [-0.3, -0.25) is 0 Å². The van der Waals surface area contributed by atoms with Crippen LogP contribution in [0, 0.1) is 17.2 Å². The summed E-state index contributed by atoms with van der Waals surface area (Å²) in [6.45, 7) is 10.6. The van der Waals surface area contributed by atoms with E-state index in [0.29, 0.717) is 12.5 Å². The van der Waals surface area contributed by atoms with Crippen molar-refractivity contribution in [2.75, 3.05) is 38.3 Å². The van der Waals surface area contributed by atoms with Gasteiger partial charge in [0, 0.05) is 26.7 Å². The fraction of sp³-hybridized carbons (Fsp3) is 0.588. The maximum atomic E-state index is 9.45. The molecular weight excluding hydrogens is 262 g/mol. The maximum absolute atomic E-state index is 9.45. The minimum atomic E-state index is 0.537. The normalized spacial score (nSPS) is 10.7. The molecule has 0 fully saturated rings. The van der Waals surface area contributed by atoms with Gasteiger partial charge in [0.2, 0.25) is 0 Å². The van der Waals surface area contributed by atoms with E-state index in [9.17, 15) is 5.26 Å². The van der Waals surface area contributed by atoms with Gasteiger partial charge >= 0.3 is 0 Å². The molecule has 0 spiro atoms. The van der Waals surface area contributed by atoms with Gasteiger partial charge in [-0.1, -0.05) is 26.8 Å². The second-order valence-corrected chi connectivity index (χ2v) is 5.58. The van der Waals surface area contributed by atoms with Crippen LogP contribution in [0.1, 0.15) is 31.9 Å². The summed E-state index contributed by atoms with van der Waals surface area (Å²) in [6.07, 6.45) is 0. The average molecular weight is 289 g/mol. The maximum Gasteiger partial charge on any atom is 0.101 e.